The SMILES string of the molecule is CCOC(CBr)n1c2ccc(Br)cc2c2cc(Br)ccc21. The summed E-state index contributed by atoms with van der Waals surface area (Å²) in [7, 11) is 0. The molecule has 1 unspecified atom stereocenters. The molecule has 0 aliphatic heterocycles. The Morgan fingerprint density at radius 3 is 1.95 bits per heavy atom. The summed E-state index contributed by atoms with van der Waals surface area (Å²) >= 11 is 10.7. The molecule has 0 saturated heterocycles. The number of rotatable bonds is 4. The second-order valence-electron chi connectivity index (χ2n) is 4.76. The van der Waals surface area contributed by atoms with Gasteiger partial charge in [0.2, 0.25) is 0 Å². The second-order valence-corrected chi connectivity index (χ2v) is 7.24. The van der Waals surface area contributed by atoms with Gasteiger partial charge in [-0.25, -0.2) is 0 Å². The summed E-state index contributed by atoms with van der Waals surface area (Å²) in [6.07, 6.45) is -0.0163. The quantitative estimate of drug-likeness (QED) is 0.407. The summed E-state index contributed by atoms with van der Waals surface area (Å²) in [5.41, 5.74) is 2.37. The van der Waals surface area contributed by atoms with E-state index in [1.54, 1.807) is 0 Å². The second kappa shape index (κ2) is 6.41. The normalized spacial score (nSPS) is 13.1. The Balaban J connectivity index is 2.39. The number of hydrogen-bond acceptors (Lipinski definition) is 1. The molecule has 0 radical (unpaired) electrons. The van der Waals surface area contributed by atoms with Crippen molar-refractivity contribution in [3.05, 3.63) is 45.3 Å². The van der Waals surface area contributed by atoms with E-state index >= 15 is 0 Å². The van der Waals surface area contributed by atoms with Crippen LogP contribution in [0.25, 0.3) is 21.8 Å². The van der Waals surface area contributed by atoms with E-state index in [0.717, 1.165) is 14.3 Å². The van der Waals surface area contributed by atoms with Gasteiger partial charge in [0.25, 0.3) is 0 Å². The van der Waals surface area contributed by atoms with Crippen LogP contribution in [0.15, 0.2) is 45.3 Å². The fourth-order valence-corrected chi connectivity index (χ4v) is 3.89. The number of nitrogens with zero attached hydrogens (tertiary/aromatic N) is 1. The molecule has 1 heterocycles. The Morgan fingerprint density at radius 1 is 1.00 bits per heavy atom. The van der Waals surface area contributed by atoms with Gasteiger partial charge in [0.05, 0.1) is 11.0 Å². The standard InChI is InChI=1S/C16H14Br3NO/c1-2-21-16(9-17)20-14-5-3-10(18)7-12(14)13-8-11(19)4-6-15(13)20/h3-8,16H,2,9H2,1H3. The Hall–Kier alpha value is -0.360. The van der Waals surface area contributed by atoms with Gasteiger partial charge in [-0.2, -0.15) is 0 Å². The lowest BCUT2D eigenvalue weighted by Gasteiger charge is -2.19. The number of hydrogen-bond donors (Lipinski definition) is 0. The van der Waals surface area contributed by atoms with Crippen LogP contribution in [0.3, 0.4) is 0 Å². The summed E-state index contributed by atoms with van der Waals surface area (Å²) in [5, 5.41) is 3.21. The van der Waals surface area contributed by atoms with Crippen LogP contribution in [0.5, 0.6) is 0 Å². The third kappa shape index (κ3) is 2.81. The molecule has 0 bridgehead atoms. The highest BCUT2D eigenvalue weighted by atomic mass is 79.9. The van der Waals surface area contributed by atoms with Crippen molar-refractivity contribution in [2.75, 3.05) is 11.9 Å². The molecule has 0 aliphatic carbocycles. The van der Waals surface area contributed by atoms with Gasteiger partial charge in [-0.15, -0.1) is 0 Å². The van der Waals surface area contributed by atoms with Crippen molar-refractivity contribution >= 4 is 69.6 Å². The molecule has 2 aromatic carbocycles. The summed E-state index contributed by atoms with van der Waals surface area (Å²) < 4.78 is 10.3. The molecule has 110 valence electrons. The van der Waals surface area contributed by atoms with Crippen LogP contribution in [0.1, 0.15) is 13.2 Å². The van der Waals surface area contributed by atoms with Crippen molar-refractivity contribution in [2.24, 2.45) is 0 Å². The van der Waals surface area contributed by atoms with E-state index < -0.39 is 0 Å². The largest absolute Gasteiger partial charge is 0.357 e. The number of halogens is 3. The van der Waals surface area contributed by atoms with Crippen LogP contribution < -0.4 is 0 Å². The summed E-state index contributed by atoms with van der Waals surface area (Å²) in [4.78, 5) is 0. The summed E-state index contributed by atoms with van der Waals surface area (Å²) in [5.74, 6) is 0. The fraction of sp³-hybridized carbons (Fsp3) is 0.250. The predicted octanol–water partition coefficient (Wildman–Crippen LogP) is 6.25. The Morgan fingerprint density at radius 2 is 1.52 bits per heavy atom. The fourth-order valence-electron chi connectivity index (χ4n) is 2.69. The molecule has 5 heteroatoms. The number of benzene rings is 2. The minimum Gasteiger partial charge on any atom is -0.357 e. The molecule has 0 saturated carbocycles. The van der Waals surface area contributed by atoms with Crippen molar-refractivity contribution in [3.63, 3.8) is 0 Å². The molecule has 3 rings (SSSR count). The van der Waals surface area contributed by atoms with Crippen LogP contribution in [0.2, 0.25) is 0 Å². The molecular formula is C16H14Br3NO. The lowest BCUT2D eigenvalue weighted by molar-refractivity contribution is 0.0354. The predicted molar refractivity (Wildman–Crippen MR) is 99.3 cm³/mol. The molecular weight excluding hydrogens is 462 g/mol. The Bertz CT molecular complexity index is 738. The van der Waals surface area contributed by atoms with E-state index in [2.05, 4.69) is 88.8 Å². The minimum atomic E-state index is -0.0163. The first-order valence-electron chi connectivity index (χ1n) is 6.72. The number of alkyl halides is 1. The van der Waals surface area contributed by atoms with Crippen molar-refractivity contribution < 1.29 is 4.74 Å². The molecule has 1 aromatic heterocycles. The smallest absolute Gasteiger partial charge is 0.144 e. The highest BCUT2D eigenvalue weighted by Gasteiger charge is 2.18. The van der Waals surface area contributed by atoms with Crippen LogP contribution in [-0.2, 0) is 4.74 Å². The van der Waals surface area contributed by atoms with Crippen molar-refractivity contribution in [1.82, 2.24) is 4.57 Å². The van der Waals surface area contributed by atoms with Gasteiger partial charge >= 0.3 is 0 Å². The van der Waals surface area contributed by atoms with E-state index in [0.29, 0.717) is 6.61 Å². The topological polar surface area (TPSA) is 14.2 Å². The summed E-state index contributed by atoms with van der Waals surface area (Å²) in [6, 6.07) is 12.8. The van der Waals surface area contributed by atoms with Crippen molar-refractivity contribution in [1.29, 1.82) is 0 Å². The Labute approximate surface area is 148 Å². The number of aromatic nitrogens is 1. The van der Waals surface area contributed by atoms with Crippen LogP contribution in [-0.4, -0.2) is 16.5 Å². The lowest BCUT2D eigenvalue weighted by atomic mass is 10.2. The molecule has 0 aliphatic rings. The third-order valence-electron chi connectivity index (χ3n) is 3.51. The van der Waals surface area contributed by atoms with E-state index in [1.165, 1.54) is 21.8 Å². The van der Waals surface area contributed by atoms with E-state index in [-0.39, 0.29) is 6.23 Å². The first-order chi connectivity index (χ1) is 10.2. The van der Waals surface area contributed by atoms with Gasteiger partial charge in [0.15, 0.2) is 0 Å². The maximum Gasteiger partial charge on any atom is 0.144 e. The zero-order chi connectivity index (χ0) is 15.0. The monoisotopic (exact) mass is 473 g/mol. The molecule has 2 nitrogen and oxygen atoms in total. The average Bonchev–Trinajstić information content (AvgIpc) is 2.78. The van der Waals surface area contributed by atoms with Crippen LogP contribution in [0, 0.1) is 0 Å². The zero-order valence-corrected chi connectivity index (χ0v) is 16.2. The van der Waals surface area contributed by atoms with Gasteiger partial charge in [0.1, 0.15) is 6.23 Å². The van der Waals surface area contributed by atoms with E-state index in [9.17, 15) is 0 Å². The van der Waals surface area contributed by atoms with Crippen LogP contribution >= 0.6 is 47.8 Å². The highest BCUT2D eigenvalue weighted by molar-refractivity contribution is 9.10. The first-order valence-corrected chi connectivity index (χ1v) is 9.42. The maximum absolute atomic E-state index is 5.90. The average molecular weight is 476 g/mol. The molecule has 0 spiro atoms. The van der Waals surface area contributed by atoms with Gasteiger partial charge in [0, 0.05) is 31.7 Å². The number of fused-ring (bicyclic) bond motifs is 3. The van der Waals surface area contributed by atoms with E-state index in [4.69, 9.17) is 4.74 Å². The van der Waals surface area contributed by atoms with Crippen LogP contribution in [0.4, 0.5) is 0 Å². The molecule has 21 heavy (non-hydrogen) atoms. The lowest BCUT2D eigenvalue weighted by Crippen LogP contribution is -2.14. The molecule has 0 amide bonds. The maximum atomic E-state index is 5.90. The van der Waals surface area contributed by atoms with Crippen molar-refractivity contribution in [2.45, 2.75) is 13.2 Å². The van der Waals surface area contributed by atoms with Gasteiger partial charge in [-0.3, -0.25) is 0 Å². The zero-order valence-electron chi connectivity index (χ0n) is 11.4. The number of ether oxygens (including phenoxy) is 1. The van der Waals surface area contributed by atoms with Crippen molar-refractivity contribution in [3.8, 4) is 0 Å². The highest BCUT2D eigenvalue weighted by Crippen LogP contribution is 2.35. The van der Waals surface area contributed by atoms with Gasteiger partial charge < -0.3 is 9.30 Å². The third-order valence-corrected chi connectivity index (χ3v) is 5.05. The first kappa shape index (κ1) is 15.5. The minimum absolute atomic E-state index is 0.0163. The Kier molecular flexibility index (Phi) is 4.74. The van der Waals surface area contributed by atoms with E-state index in [1.807, 2.05) is 6.92 Å². The molecule has 3 aromatic rings. The molecule has 1 atom stereocenters. The molecule has 0 fully saturated rings. The summed E-state index contributed by atoms with van der Waals surface area (Å²) in [6.45, 7) is 2.71. The molecule has 0 N–H and O–H groups in total. The van der Waals surface area contributed by atoms with Gasteiger partial charge in [-0.05, 0) is 43.3 Å². The van der Waals surface area contributed by atoms with Gasteiger partial charge in [-0.1, -0.05) is 47.8 Å².